The molecule has 2 aromatic heterocycles. The summed E-state index contributed by atoms with van der Waals surface area (Å²) in [5.41, 5.74) is 1.57. The van der Waals surface area contributed by atoms with Crippen LogP contribution in [0.2, 0.25) is 0 Å². The van der Waals surface area contributed by atoms with Crippen LogP contribution in [0.25, 0.3) is 22.4 Å². The summed E-state index contributed by atoms with van der Waals surface area (Å²) in [4.78, 5) is 17.8. The van der Waals surface area contributed by atoms with Gasteiger partial charge in [-0.25, -0.2) is 0 Å². The molecule has 0 bridgehead atoms. The van der Waals surface area contributed by atoms with E-state index in [-0.39, 0.29) is 5.56 Å². The van der Waals surface area contributed by atoms with Gasteiger partial charge in [0.2, 0.25) is 4.96 Å². The minimum atomic E-state index is -0.175. The first-order chi connectivity index (χ1) is 14.2. The molecule has 0 aliphatic rings. The molecule has 0 aliphatic heterocycles. The third-order valence-corrected chi connectivity index (χ3v) is 5.41. The standard InChI is InChI=1S/C22H21N3O3S/c1-3-4-12-28-17-10-8-16(9-11-17)20-23-22-25(24-20)21(26)19(29-22)14-15-6-5-7-18(13-15)27-2/h5-11,13-14H,3-4,12H2,1-2H3. The van der Waals surface area contributed by atoms with E-state index in [9.17, 15) is 4.79 Å². The van der Waals surface area contributed by atoms with Crippen LogP contribution in [-0.2, 0) is 0 Å². The maximum Gasteiger partial charge on any atom is 0.291 e. The SMILES string of the molecule is CCCCOc1ccc(-c2nc3sc(=Cc4cccc(OC)c4)c(=O)n3n2)cc1. The van der Waals surface area contributed by atoms with E-state index < -0.39 is 0 Å². The highest BCUT2D eigenvalue weighted by Gasteiger charge is 2.12. The first-order valence-electron chi connectivity index (χ1n) is 9.46. The fraction of sp³-hybridized carbons (Fsp3) is 0.227. The van der Waals surface area contributed by atoms with Crippen LogP contribution >= 0.6 is 11.3 Å². The number of hydrogen-bond acceptors (Lipinski definition) is 6. The predicted molar refractivity (Wildman–Crippen MR) is 115 cm³/mol. The van der Waals surface area contributed by atoms with Crippen LogP contribution in [0.3, 0.4) is 0 Å². The van der Waals surface area contributed by atoms with E-state index in [1.165, 1.54) is 15.9 Å². The van der Waals surface area contributed by atoms with E-state index in [2.05, 4.69) is 17.0 Å². The number of thiazole rings is 1. The van der Waals surface area contributed by atoms with Crippen molar-refractivity contribution in [3.63, 3.8) is 0 Å². The molecule has 0 fully saturated rings. The van der Waals surface area contributed by atoms with Gasteiger partial charge in [0.1, 0.15) is 11.5 Å². The fourth-order valence-corrected chi connectivity index (χ4v) is 3.78. The van der Waals surface area contributed by atoms with Crippen LogP contribution in [-0.4, -0.2) is 28.3 Å². The quantitative estimate of drug-likeness (QED) is 0.438. The zero-order valence-corrected chi connectivity index (χ0v) is 17.1. The highest BCUT2D eigenvalue weighted by molar-refractivity contribution is 7.15. The first-order valence-corrected chi connectivity index (χ1v) is 10.3. The number of fused-ring (bicyclic) bond motifs is 1. The summed E-state index contributed by atoms with van der Waals surface area (Å²) in [6, 6.07) is 15.2. The van der Waals surface area contributed by atoms with Crippen molar-refractivity contribution in [2.24, 2.45) is 0 Å². The maximum atomic E-state index is 12.7. The van der Waals surface area contributed by atoms with Crippen molar-refractivity contribution in [1.29, 1.82) is 0 Å². The molecule has 0 N–H and O–H groups in total. The van der Waals surface area contributed by atoms with Gasteiger partial charge in [0.25, 0.3) is 5.56 Å². The highest BCUT2D eigenvalue weighted by atomic mass is 32.1. The third-order valence-electron chi connectivity index (χ3n) is 4.45. The second-order valence-corrected chi connectivity index (χ2v) is 7.56. The fourth-order valence-electron chi connectivity index (χ4n) is 2.87. The monoisotopic (exact) mass is 407 g/mol. The molecule has 2 aromatic carbocycles. The van der Waals surface area contributed by atoms with Crippen molar-refractivity contribution < 1.29 is 9.47 Å². The van der Waals surface area contributed by atoms with Gasteiger partial charge in [0.15, 0.2) is 5.82 Å². The van der Waals surface area contributed by atoms with E-state index in [1.54, 1.807) is 7.11 Å². The number of nitrogens with zero attached hydrogens (tertiary/aromatic N) is 3. The minimum Gasteiger partial charge on any atom is -0.497 e. The summed E-state index contributed by atoms with van der Waals surface area (Å²) in [6.07, 6.45) is 3.96. The lowest BCUT2D eigenvalue weighted by atomic mass is 10.2. The van der Waals surface area contributed by atoms with Crippen LogP contribution in [0.4, 0.5) is 0 Å². The summed E-state index contributed by atoms with van der Waals surface area (Å²) >= 11 is 1.32. The van der Waals surface area contributed by atoms with Crippen molar-refractivity contribution in [3.8, 4) is 22.9 Å². The lowest BCUT2D eigenvalue weighted by molar-refractivity contribution is 0.309. The molecule has 6 nitrogen and oxygen atoms in total. The summed E-state index contributed by atoms with van der Waals surface area (Å²) in [5, 5.41) is 4.40. The van der Waals surface area contributed by atoms with Crippen LogP contribution in [0.5, 0.6) is 11.5 Å². The molecule has 0 spiro atoms. The first kappa shape index (κ1) is 19.1. The van der Waals surface area contributed by atoms with Crippen molar-refractivity contribution in [2.75, 3.05) is 13.7 Å². The van der Waals surface area contributed by atoms with Gasteiger partial charge in [-0.05, 0) is 54.5 Å². The Morgan fingerprint density at radius 3 is 2.69 bits per heavy atom. The van der Waals surface area contributed by atoms with Gasteiger partial charge in [-0.1, -0.05) is 36.8 Å². The zero-order valence-electron chi connectivity index (χ0n) is 16.3. The van der Waals surface area contributed by atoms with E-state index in [0.717, 1.165) is 35.5 Å². The number of ether oxygens (including phenoxy) is 2. The Bertz CT molecular complexity index is 1230. The summed E-state index contributed by atoms with van der Waals surface area (Å²) in [5.74, 6) is 2.10. The maximum absolute atomic E-state index is 12.7. The van der Waals surface area contributed by atoms with E-state index >= 15 is 0 Å². The molecule has 4 aromatic rings. The van der Waals surface area contributed by atoms with Gasteiger partial charge in [0.05, 0.1) is 18.2 Å². The topological polar surface area (TPSA) is 65.7 Å². The van der Waals surface area contributed by atoms with E-state index in [1.807, 2.05) is 54.6 Å². The van der Waals surface area contributed by atoms with Gasteiger partial charge in [0, 0.05) is 5.56 Å². The van der Waals surface area contributed by atoms with Crippen LogP contribution in [0.1, 0.15) is 25.3 Å². The smallest absolute Gasteiger partial charge is 0.291 e. The molecule has 2 heterocycles. The number of unbranched alkanes of at least 4 members (excludes halogenated alkanes) is 1. The normalized spacial score (nSPS) is 11.9. The van der Waals surface area contributed by atoms with Gasteiger partial charge in [-0.15, -0.1) is 5.10 Å². The third kappa shape index (κ3) is 4.14. The van der Waals surface area contributed by atoms with Gasteiger partial charge >= 0.3 is 0 Å². The van der Waals surface area contributed by atoms with Crippen molar-refractivity contribution in [1.82, 2.24) is 14.6 Å². The average Bonchev–Trinajstić information content (AvgIpc) is 3.28. The van der Waals surface area contributed by atoms with Crippen LogP contribution < -0.4 is 19.6 Å². The largest absolute Gasteiger partial charge is 0.497 e. The van der Waals surface area contributed by atoms with Gasteiger partial charge in [-0.3, -0.25) is 4.79 Å². The Morgan fingerprint density at radius 2 is 1.97 bits per heavy atom. The zero-order chi connectivity index (χ0) is 20.2. The second kappa shape index (κ2) is 8.45. The number of hydrogen-bond donors (Lipinski definition) is 0. The Hall–Kier alpha value is -3.19. The van der Waals surface area contributed by atoms with E-state index in [4.69, 9.17) is 9.47 Å². The van der Waals surface area contributed by atoms with Gasteiger partial charge in [-0.2, -0.15) is 9.50 Å². The molecular formula is C22H21N3O3S. The summed E-state index contributed by atoms with van der Waals surface area (Å²) in [7, 11) is 1.62. The molecule has 7 heteroatoms. The number of methoxy groups -OCH3 is 1. The predicted octanol–water partition coefficient (Wildman–Crippen LogP) is 3.55. The average molecular weight is 407 g/mol. The molecule has 29 heavy (non-hydrogen) atoms. The lowest BCUT2D eigenvalue weighted by Gasteiger charge is -2.05. The summed E-state index contributed by atoms with van der Waals surface area (Å²) < 4.78 is 12.9. The summed E-state index contributed by atoms with van der Waals surface area (Å²) in [6.45, 7) is 2.84. The second-order valence-electron chi connectivity index (χ2n) is 6.55. The Balaban J connectivity index is 1.61. The van der Waals surface area contributed by atoms with E-state index in [0.29, 0.717) is 21.9 Å². The van der Waals surface area contributed by atoms with Crippen molar-refractivity contribution in [3.05, 3.63) is 69.0 Å². The molecule has 0 saturated heterocycles. The molecule has 0 unspecified atom stereocenters. The molecular weight excluding hydrogens is 386 g/mol. The Morgan fingerprint density at radius 1 is 1.14 bits per heavy atom. The van der Waals surface area contributed by atoms with Crippen LogP contribution in [0.15, 0.2) is 53.3 Å². The molecule has 148 valence electrons. The van der Waals surface area contributed by atoms with Crippen molar-refractivity contribution in [2.45, 2.75) is 19.8 Å². The molecule has 0 amide bonds. The highest BCUT2D eigenvalue weighted by Crippen LogP contribution is 2.21. The number of rotatable bonds is 7. The molecule has 0 aliphatic carbocycles. The van der Waals surface area contributed by atoms with Gasteiger partial charge < -0.3 is 9.47 Å². The van der Waals surface area contributed by atoms with Crippen molar-refractivity contribution >= 4 is 22.4 Å². The molecule has 0 atom stereocenters. The molecule has 0 radical (unpaired) electrons. The molecule has 0 saturated carbocycles. The number of aromatic nitrogens is 3. The van der Waals surface area contributed by atoms with Crippen LogP contribution in [0, 0.1) is 0 Å². The Labute approximate surface area is 172 Å². The Kier molecular flexibility index (Phi) is 5.57. The molecule has 4 rings (SSSR count). The number of benzene rings is 2. The lowest BCUT2D eigenvalue weighted by Crippen LogP contribution is -2.23. The minimum absolute atomic E-state index is 0.175.